The Morgan fingerprint density at radius 1 is 1.64 bits per heavy atom. The Balaban J connectivity index is 2.80. The fourth-order valence-electron chi connectivity index (χ4n) is 0.979. The Morgan fingerprint density at radius 2 is 2.29 bits per heavy atom. The van der Waals surface area contributed by atoms with E-state index in [4.69, 9.17) is 10.5 Å². The zero-order chi connectivity index (χ0) is 10.8. The molecular formula is C9H15N3O2. The molecule has 1 aromatic rings. The Kier molecular flexibility index (Phi) is 2.90. The predicted molar refractivity (Wildman–Crippen MR) is 51.6 cm³/mol. The number of hydrogen-bond acceptors (Lipinski definition) is 4. The Bertz CT molecular complexity index is 325. The molecule has 0 bridgehead atoms. The number of ether oxygens (including phenoxy) is 1. The molecule has 14 heavy (non-hydrogen) atoms. The number of H-pyrrole nitrogens is 1. The highest BCUT2D eigenvalue weighted by molar-refractivity contribution is 5.88. The number of imidazole rings is 1. The van der Waals surface area contributed by atoms with Gasteiger partial charge >= 0.3 is 5.97 Å². The summed E-state index contributed by atoms with van der Waals surface area (Å²) in [5.41, 5.74) is 5.77. The molecule has 0 aliphatic rings. The molecule has 0 unspecified atom stereocenters. The van der Waals surface area contributed by atoms with Gasteiger partial charge in [0.05, 0.1) is 12.0 Å². The summed E-state index contributed by atoms with van der Waals surface area (Å²) in [6, 6.07) is 0. The third-order valence-corrected chi connectivity index (χ3v) is 1.51. The summed E-state index contributed by atoms with van der Waals surface area (Å²) in [7, 11) is 0. The minimum atomic E-state index is -0.512. The largest absolute Gasteiger partial charge is 0.455 e. The number of nitrogens with zero attached hydrogens (tertiary/aromatic N) is 1. The smallest absolute Gasteiger partial charge is 0.359 e. The van der Waals surface area contributed by atoms with Crippen molar-refractivity contribution in [2.24, 2.45) is 5.73 Å². The molecule has 1 aromatic heterocycles. The first-order valence-electron chi connectivity index (χ1n) is 4.39. The number of rotatable bonds is 2. The fraction of sp³-hybridized carbons (Fsp3) is 0.556. The molecular weight excluding hydrogens is 182 g/mol. The monoisotopic (exact) mass is 197 g/mol. The zero-order valence-corrected chi connectivity index (χ0v) is 8.63. The van der Waals surface area contributed by atoms with Crippen LogP contribution in [0.15, 0.2) is 6.33 Å². The van der Waals surface area contributed by atoms with E-state index in [0.717, 1.165) is 0 Å². The van der Waals surface area contributed by atoms with Crippen LogP contribution in [0.5, 0.6) is 0 Å². The number of nitrogens with two attached hydrogens (primary N) is 1. The highest BCUT2D eigenvalue weighted by Gasteiger charge is 2.21. The van der Waals surface area contributed by atoms with Gasteiger partial charge in [0, 0.05) is 6.54 Å². The van der Waals surface area contributed by atoms with E-state index in [9.17, 15) is 4.79 Å². The van der Waals surface area contributed by atoms with Gasteiger partial charge < -0.3 is 15.5 Å². The van der Waals surface area contributed by atoms with Gasteiger partial charge in [-0.25, -0.2) is 9.78 Å². The SMILES string of the molecule is CC(C)(C)OC(=O)c1nc[nH]c1CN. The number of carbonyl (C=O) groups excluding carboxylic acids is 1. The first kappa shape index (κ1) is 10.7. The minimum absolute atomic E-state index is 0.245. The molecule has 5 heteroatoms. The van der Waals surface area contributed by atoms with Crippen LogP contribution in [-0.2, 0) is 11.3 Å². The maximum Gasteiger partial charge on any atom is 0.359 e. The van der Waals surface area contributed by atoms with Crippen LogP contribution in [0, 0.1) is 0 Å². The summed E-state index contributed by atoms with van der Waals surface area (Å²) in [4.78, 5) is 18.2. The van der Waals surface area contributed by atoms with Gasteiger partial charge in [-0.3, -0.25) is 0 Å². The van der Waals surface area contributed by atoms with Gasteiger partial charge in [-0.05, 0) is 20.8 Å². The maximum atomic E-state index is 11.5. The normalized spacial score (nSPS) is 11.4. The first-order valence-corrected chi connectivity index (χ1v) is 4.39. The Morgan fingerprint density at radius 3 is 2.79 bits per heavy atom. The molecule has 0 aromatic carbocycles. The van der Waals surface area contributed by atoms with Crippen molar-refractivity contribution in [3.63, 3.8) is 0 Å². The molecule has 0 radical (unpaired) electrons. The lowest BCUT2D eigenvalue weighted by atomic mass is 10.2. The van der Waals surface area contributed by atoms with Crippen molar-refractivity contribution in [1.29, 1.82) is 0 Å². The second-order valence-electron chi connectivity index (χ2n) is 3.94. The van der Waals surface area contributed by atoms with Crippen molar-refractivity contribution in [3.8, 4) is 0 Å². The lowest BCUT2D eigenvalue weighted by Gasteiger charge is -2.18. The van der Waals surface area contributed by atoms with E-state index in [0.29, 0.717) is 5.69 Å². The van der Waals surface area contributed by atoms with E-state index in [2.05, 4.69) is 9.97 Å². The van der Waals surface area contributed by atoms with E-state index < -0.39 is 11.6 Å². The van der Waals surface area contributed by atoms with E-state index in [1.807, 2.05) is 0 Å². The summed E-state index contributed by atoms with van der Waals surface area (Å²) in [5.74, 6) is -0.445. The second-order valence-corrected chi connectivity index (χ2v) is 3.94. The highest BCUT2D eigenvalue weighted by atomic mass is 16.6. The van der Waals surface area contributed by atoms with Crippen molar-refractivity contribution < 1.29 is 9.53 Å². The van der Waals surface area contributed by atoms with Crippen LogP contribution in [0.4, 0.5) is 0 Å². The van der Waals surface area contributed by atoms with Gasteiger partial charge in [0.15, 0.2) is 5.69 Å². The van der Waals surface area contributed by atoms with Crippen molar-refractivity contribution in [2.75, 3.05) is 0 Å². The number of aromatic amines is 1. The van der Waals surface area contributed by atoms with Crippen molar-refractivity contribution in [1.82, 2.24) is 9.97 Å². The van der Waals surface area contributed by atoms with Gasteiger partial charge in [-0.15, -0.1) is 0 Å². The molecule has 0 spiro atoms. The summed E-state index contributed by atoms with van der Waals surface area (Å²) < 4.78 is 5.15. The topological polar surface area (TPSA) is 81.0 Å². The quantitative estimate of drug-likeness (QED) is 0.688. The predicted octanol–water partition coefficient (Wildman–Crippen LogP) is 0.824. The molecule has 0 saturated carbocycles. The minimum Gasteiger partial charge on any atom is -0.455 e. The third kappa shape index (κ3) is 2.56. The number of nitrogens with one attached hydrogen (secondary N) is 1. The maximum absolute atomic E-state index is 11.5. The molecule has 0 saturated heterocycles. The molecule has 0 fully saturated rings. The molecule has 0 amide bonds. The van der Waals surface area contributed by atoms with Gasteiger partial charge in [-0.1, -0.05) is 0 Å². The summed E-state index contributed by atoms with van der Waals surface area (Å²) in [6.07, 6.45) is 1.43. The molecule has 78 valence electrons. The van der Waals surface area contributed by atoms with Crippen molar-refractivity contribution >= 4 is 5.97 Å². The average molecular weight is 197 g/mol. The van der Waals surface area contributed by atoms with E-state index in [1.54, 1.807) is 20.8 Å². The average Bonchev–Trinajstić information content (AvgIpc) is 2.47. The van der Waals surface area contributed by atoms with Crippen LogP contribution in [0.25, 0.3) is 0 Å². The fourth-order valence-corrected chi connectivity index (χ4v) is 0.979. The van der Waals surface area contributed by atoms with E-state index in [1.165, 1.54) is 6.33 Å². The van der Waals surface area contributed by atoms with Crippen LogP contribution >= 0.6 is 0 Å². The van der Waals surface area contributed by atoms with Crippen LogP contribution in [0.1, 0.15) is 37.0 Å². The molecule has 5 nitrogen and oxygen atoms in total. The first-order chi connectivity index (χ1) is 6.44. The van der Waals surface area contributed by atoms with Crippen LogP contribution in [0.2, 0.25) is 0 Å². The number of carbonyl (C=O) groups is 1. The van der Waals surface area contributed by atoms with E-state index >= 15 is 0 Å². The summed E-state index contributed by atoms with van der Waals surface area (Å²) >= 11 is 0. The molecule has 1 rings (SSSR count). The van der Waals surface area contributed by atoms with E-state index in [-0.39, 0.29) is 12.2 Å². The van der Waals surface area contributed by atoms with Crippen molar-refractivity contribution in [3.05, 3.63) is 17.7 Å². The van der Waals surface area contributed by atoms with Crippen LogP contribution in [-0.4, -0.2) is 21.5 Å². The Hall–Kier alpha value is -1.36. The number of esters is 1. The Labute approximate surface area is 82.7 Å². The standard InChI is InChI=1S/C9H15N3O2/c1-9(2,3)14-8(13)7-6(4-10)11-5-12-7/h5H,4,10H2,1-3H3,(H,11,12). The molecule has 1 heterocycles. The van der Waals surface area contributed by atoms with Gasteiger partial charge in [0.2, 0.25) is 0 Å². The number of aromatic nitrogens is 2. The lowest BCUT2D eigenvalue weighted by molar-refractivity contribution is 0.00622. The van der Waals surface area contributed by atoms with Crippen LogP contribution < -0.4 is 5.73 Å². The lowest BCUT2D eigenvalue weighted by Crippen LogP contribution is -2.25. The molecule has 3 N–H and O–H groups in total. The highest BCUT2D eigenvalue weighted by Crippen LogP contribution is 2.12. The third-order valence-electron chi connectivity index (χ3n) is 1.51. The summed E-state index contributed by atoms with van der Waals surface area (Å²) in [5, 5.41) is 0. The molecule has 0 aliphatic carbocycles. The molecule has 0 aliphatic heterocycles. The van der Waals surface area contributed by atoms with Crippen molar-refractivity contribution in [2.45, 2.75) is 32.9 Å². The number of hydrogen-bond donors (Lipinski definition) is 2. The zero-order valence-electron chi connectivity index (χ0n) is 8.63. The second kappa shape index (κ2) is 3.79. The van der Waals surface area contributed by atoms with Gasteiger partial charge in [-0.2, -0.15) is 0 Å². The van der Waals surface area contributed by atoms with Crippen LogP contribution in [0.3, 0.4) is 0 Å². The summed E-state index contributed by atoms with van der Waals surface area (Å²) in [6.45, 7) is 5.66. The van der Waals surface area contributed by atoms with Gasteiger partial charge in [0.1, 0.15) is 5.60 Å². The van der Waals surface area contributed by atoms with Gasteiger partial charge in [0.25, 0.3) is 0 Å². The molecule has 0 atom stereocenters.